The monoisotopic (exact) mass is 252 g/mol. The number of hydrogen-bond donors (Lipinski definition) is 2. The fourth-order valence-electron chi connectivity index (χ4n) is 2.16. The van der Waals surface area contributed by atoms with Crippen molar-refractivity contribution in [2.45, 2.75) is 19.4 Å². The molecule has 2 heterocycles. The Hall–Kier alpha value is -2.36. The van der Waals surface area contributed by atoms with E-state index < -0.39 is 0 Å². The topological polar surface area (TPSA) is 53.6 Å². The van der Waals surface area contributed by atoms with Crippen LogP contribution < -0.4 is 5.32 Å². The highest BCUT2D eigenvalue weighted by Crippen LogP contribution is 2.20. The summed E-state index contributed by atoms with van der Waals surface area (Å²) in [5.41, 5.74) is 1.00. The van der Waals surface area contributed by atoms with Gasteiger partial charge in [0.1, 0.15) is 11.6 Å². The van der Waals surface area contributed by atoms with E-state index in [0.717, 1.165) is 29.0 Å². The zero-order chi connectivity index (χ0) is 13.1. The summed E-state index contributed by atoms with van der Waals surface area (Å²) in [5.74, 6) is 1.82. The maximum atomic E-state index is 4.62. The summed E-state index contributed by atoms with van der Waals surface area (Å²) in [5, 5.41) is 4.57. The van der Waals surface area contributed by atoms with Crippen LogP contribution in [0.5, 0.6) is 0 Å². The molecule has 0 saturated carbocycles. The third-order valence-electron chi connectivity index (χ3n) is 3.18. The molecular weight excluding hydrogens is 236 g/mol. The highest BCUT2D eigenvalue weighted by molar-refractivity contribution is 5.80. The van der Waals surface area contributed by atoms with Crippen LogP contribution in [0.3, 0.4) is 0 Å². The number of anilines is 1. The fourth-order valence-corrected chi connectivity index (χ4v) is 2.16. The summed E-state index contributed by atoms with van der Waals surface area (Å²) in [7, 11) is 0. The highest BCUT2D eigenvalue weighted by atomic mass is 15.1. The smallest absolute Gasteiger partial charge is 0.128 e. The summed E-state index contributed by atoms with van der Waals surface area (Å²) in [6, 6.07) is 12.4. The molecule has 0 saturated heterocycles. The van der Waals surface area contributed by atoms with Gasteiger partial charge in [0.15, 0.2) is 0 Å². The average Bonchev–Trinajstić information content (AvgIpc) is 2.98. The molecule has 19 heavy (non-hydrogen) atoms. The predicted octanol–water partition coefficient (Wildman–Crippen LogP) is 3.52. The molecule has 96 valence electrons. The summed E-state index contributed by atoms with van der Waals surface area (Å²) in [6.45, 7) is 2.13. The van der Waals surface area contributed by atoms with Gasteiger partial charge in [-0.1, -0.05) is 25.1 Å². The lowest BCUT2D eigenvalue weighted by atomic mass is 10.2. The first-order valence-corrected chi connectivity index (χ1v) is 6.48. The Morgan fingerprint density at radius 1 is 1.21 bits per heavy atom. The number of hydrogen-bond acceptors (Lipinski definition) is 3. The summed E-state index contributed by atoms with van der Waals surface area (Å²) >= 11 is 0. The number of rotatable bonds is 4. The van der Waals surface area contributed by atoms with Crippen molar-refractivity contribution in [2.24, 2.45) is 0 Å². The molecule has 0 radical (unpaired) electrons. The van der Waals surface area contributed by atoms with E-state index in [2.05, 4.69) is 39.3 Å². The minimum Gasteiger partial charge on any atom is -0.360 e. The number of para-hydroxylation sites is 1. The largest absolute Gasteiger partial charge is 0.360 e. The molecule has 3 rings (SSSR count). The molecule has 4 heteroatoms. The average molecular weight is 252 g/mol. The zero-order valence-corrected chi connectivity index (χ0v) is 10.8. The molecular formula is C15H16N4. The third-order valence-corrected chi connectivity index (χ3v) is 3.18. The highest BCUT2D eigenvalue weighted by Gasteiger charge is 2.11. The van der Waals surface area contributed by atoms with Crippen molar-refractivity contribution < 1.29 is 0 Å². The number of fused-ring (bicyclic) bond motifs is 1. The molecule has 0 fully saturated rings. The standard InChI is InChI=1S/C15H16N4/c1-2-12(15-16-9-10-17-15)18-14-8-7-11-5-3-4-6-13(11)19-14/h3-10,12H,2H2,1H3,(H,16,17)(H,18,19). The van der Waals surface area contributed by atoms with E-state index >= 15 is 0 Å². The summed E-state index contributed by atoms with van der Waals surface area (Å²) < 4.78 is 0. The second-order valence-corrected chi connectivity index (χ2v) is 4.47. The maximum Gasteiger partial charge on any atom is 0.128 e. The predicted molar refractivity (Wildman–Crippen MR) is 77.0 cm³/mol. The van der Waals surface area contributed by atoms with E-state index in [1.807, 2.05) is 30.5 Å². The first kappa shape index (κ1) is 11.7. The van der Waals surface area contributed by atoms with E-state index in [1.165, 1.54) is 0 Å². The zero-order valence-electron chi connectivity index (χ0n) is 10.8. The Balaban J connectivity index is 1.88. The molecule has 1 unspecified atom stereocenters. The Morgan fingerprint density at radius 3 is 2.89 bits per heavy atom. The van der Waals surface area contributed by atoms with E-state index in [-0.39, 0.29) is 6.04 Å². The summed E-state index contributed by atoms with van der Waals surface area (Å²) in [6.07, 6.45) is 4.56. The van der Waals surface area contributed by atoms with Crippen LogP contribution in [-0.4, -0.2) is 15.0 Å². The number of nitrogens with one attached hydrogen (secondary N) is 2. The summed E-state index contributed by atoms with van der Waals surface area (Å²) in [4.78, 5) is 12.1. The van der Waals surface area contributed by atoms with Gasteiger partial charge in [0.2, 0.25) is 0 Å². The molecule has 0 amide bonds. The van der Waals surface area contributed by atoms with E-state index in [1.54, 1.807) is 6.20 Å². The van der Waals surface area contributed by atoms with Crippen LogP contribution in [0.25, 0.3) is 10.9 Å². The molecule has 0 spiro atoms. The minimum atomic E-state index is 0.156. The van der Waals surface area contributed by atoms with Crippen LogP contribution in [0.15, 0.2) is 48.8 Å². The van der Waals surface area contributed by atoms with Crippen molar-refractivity contribution in [1.82, 2.24) is 15.0 Å². The maximum absolute atomic E-state index is 4.62. The Morgan fingerprint density at radius 2 is 2.11 bits per heavy atom. The fraction of sp³-hybridized carbons (Fsp3) is 0.200. The molecule has 1 aromatic carbocycles. The molecule has 2 aromatic heterocycles. The van der Waals surface area contributed by atoms with Crippen LogP contribution in [0.2, 0.25) is 0 Å². The number of nitrogens with zero attached hydrogens (tertiary/aromatic N) is 2. The van der Waals surface area contributed by atoms with Gasteiger partial charge < -0.3 is 10.3 Å². The van der Waals surface area contributed by atoms with Gasteiger partial charge in [-0.3, -0.25) is 0 Å². The Labute approximate surface area is 111 Å². The van der Waals surface area contributed by atoms with Crippen LogP contribution in [0, 0.1) is 0 Å². The number of aromatic nitrogens is 3. The number of aromatic amines is 1. The van der Waals surface area contributed by atoms with Crippen molar-refractivity contribution in [1.29, 1.82) is 0 Å². The number of benzene rings is 1. The van der Waals surface area contributed by atoms with Crippen LogP contribution in [-0.2, 0) is 0 Å². The molecule has 0 aliphatic heterocycles. The lowest BCUT2D eigenvalue weighted by Crippen LogP contribution is -2.12. The van der Waals surface area contributed by atoms with Gasteiger partial charge in [-0.25, -0.2) is 9.97 Å². The van der Waals surface area contributed by atoms with Crippen LogP contribution in [0.1, 0.15) is 25.2 Å². The normalized spacial score (nSPS) is 12.5. The quantitative estimate of drug-likeness (QED) is 0.747. The molecule has 0 aliphatic carbocycles. The number of H-pyrrole nitrogens is 1. The minimum absolute atomic E-state index is 0.156. The third kappa shape index (κ3) is 2.42. The van der Waals surface area contributed by atoms with Crippen LogP contribution in [0.4, 0.5) is 5.82 Å². The molecule has 2 N–H and O–H groups in total. The lowest BCUT2D eigenvalue weighted by molar-refractivity contribution is 0.701. The van der Waals surface area contributed by atoms with Gasteiger partial charge in [-0.05, 0) is 24.6 Å². The van der Waals surface area contributed by atoms with Gasteiger partial charge in [-0.15, -0.1) is 0 Å². The van der Waals surface area contributed by atoms with Gasteiger partial charge >= 0.3 is 0 Å². The van der Waals surface area contributed by atoms with Crippen LogP contribution >= 0.6 is 0 Å². The van der Waals surface area contributed by atoms with Crippen molar-refractivity contribution >= 4 is 16.7 Å². The number of pyridine rings is 1. The molecule has 3 aromatic rings. The van der Waals surface area contributed by atoms with Gasteiger partial charge in [0.25, 0.3) is 0 Å². The lowest BCUT2D eigenvalue weighted by Gasteiger charge is -2.15. The molecule has 0 aliphatic rings. The molecule has 4 nitrogen and oxygen atoms in total. The van der Waals surface area contributed by atoms with E-state index in [0.29, 0.717) is 0 Å². The SMILES string of the molecule is CCC(Nc1ccc2ccccc2n1)c1ncc[nH]1. The first-order chi connectivity index (χ1) is 9.36. The van der Waals surface area contributed by atoms with Gasteiger partial charge in [0, 0.05) is 17.8 Å². The Bertz CT molecular complexity index is 661. The van der Waals surface area contributed by atoms with Crippen molar-refractivity contribution in [3.8, 4) is 0 Å². The van der Waals surface area contributed by atoms with Gasteiger partial charge in [-0.2, -0.15) is 0 Å². The van der Waals surface area contributed by atoms with E-state index in [9.17, 15) is 0 Å². The van der Waals surface area contributed by atoms with Crippen molar-refractivity contribution in [2.75, 3.05) is 5.32 Å². The molecule has 1 atom stereocenters. The number of imidazole rings is 1. The van der Waals surface area contributed by atoms with Crippen molar-refractivity contribution in [3.63, 3.8) is 0 Å². The molecule has 0 bridgehead atoms. The van der Waals surface area contributed by atoms with E-state index in [4.69, 9.17) is 0 Å². The first-order valence-electron chi connectivity index (χ1n) is 6.48. The van der Waals surface area contributed by atoms with Gasteiger partial charge in [0.05, 0.1) is 11.6 Å². The second-order valence-electron chi connectivity index (χ2n) is 4.47. The van der Waals surface area contributed by atoms with Crippen molar-refractivity contribution in [3.05, 3.63) is 54.6 Å². The Kier molecular flexibility index (Phi) is 3.14. The second kappa shape index (κ2) is 5.10.